The molecule has 1 aliphatic heterocycles. The van der Waals surface area contributed by atoms with Crippen molar-refractivity contribution < 1.29 is 0 Å². The van der Waals surface area contributed by atoms with Gasteiger partial charge in [0, 0.05) is 54.9 Å². The molecule has 4 rings (SSSR count). The van der Waals surface area contributed by atoms with Crippen molar-refractivity contribution in [3.63, 3.8) is 0 Å². The summed E-state index contributed by atoms with van der Waals surface area (Å²) in [6.45, 7) is 3.88. The van der Waals surface area contributed by atoms with Gasteiger partial charge in [-0.25, -0.2) is 4.98 Å². The molecule has 0 atom stereocenters. The zero-order valence-corrected chi connectivity index (χ0v) is 13.6. The lowest BCUT2D eigenvalue weighted by molar-refractivity contribution is 0.651. The molecule has 0 saturated carbocycles. The number of rotatable bonds is 3. The lowest BCUT2D eigenvalue weighted by Gasteiger charge is -2.34. The van der Waals surface area contributed by atoms with Crippen molar-refractivity contribution in [1.29, 1.82) is 0 Å². The van der Waals surface area contributed by atoms with E-state index in [1.165, 1.54) is 11.5 Å². The summed E-state index contributed by atoms with van der Waals surface area (Å²) in [7, 11) is 0. The fraction of sp³-hybridized carbons (Fsp3) is 0.267. The van der Waals surface area contributed by atoms with E-state index in [9.17, 15) is 0 Å². The van der Waals surface area contributed by atoms with Gasteiger partial charge in [0.25, 0.3) is 0 Å². The van der Waals surface area contributed by atoms with Crippen LogP contribution in [0.5, 0.6) is 0 Å². The van der Waals surface area contributed by atoms with Crippen LogP contribution in [-0.2, 0) is 0 Å². The first-order valence-electron chi connectivity index (χ1n) is 7.19. The Morgan fingerprint density at radius 1 is 0.909 bits per heavy atom. The summed E-state index contributed by atoms with van der Waals surface area (Å²) in [5, 5.41) is 4.15. The Hall–Kier alpha value is -1.99. The van der Waals surface area contributed by atoms with E-state index in [1.807, 2.05) is 41.9 Å². The van der Waals surface area contributed by atoms with Gasteiger partial charge in [-0.2, -0.15) is 9.36 Å². The van der Waals surface area contributed by atoms with Crippen molar-refractivity contribution >= 4 is 33.1 Å². The molecule has 22 heavy (non-hydrogen) atoms. The molecule has 7 heteroatoms. The Morgan fingerprint density at radius 3 is 2.32 bits per heavy atom. The van der Waals surface area contributed by atoms with Crippen LogP contribution in [0.4, 0.5) is 10.3 Å². The minimum atomic E-state index is 0.822. The fourth-order valence-corrected chi connectivity index (χ4v) is 3.95. The molecule has 0 amide bonds. The van der Waals surface area contributed by atoms with Gasteiger partial charge in [0.15, 0.2) is 11.0 Å². The molecule has 1 aromatic carbocycles. The van der Waals surface area contributed by atoms with E-state index in [0.717, 1.165) is 47.8 Å². The Kier molecular flexibility index (Phi) is 3.74. The Balaban J connectivity index is 1.45. The highest BCUT2D eigenvalue weighted by molar-refractivity contribution is 7.13. The Labute approximate surface area is 137 Å². The van der Waals surface area contributed by atoms with E-state index >= 15 is 0 Å². The summed E-state index contributed by atoms with van der Waals surface area (Å²) in [6, 6.07) is 10.1. The number of hydrogen-bond acceptors (Lipinski definition) is 7. The van der Waals surface area contributed by atoms with Crippen molar-refractivity contribution in [3.05, 3.63) is 41.9 Å². The van der Waals surface area contributed by atoms with Gasteiger partial charge in [0.1, 0.15) is 0 Å². The van der Waals surface area contributed by atoms with Crippen LogP contribution in [0.3, 0.4) is 0 Å². The third-order valence-corrected chi connectivity index (χ3v) is 5.30. The Bertz CT molecular complexity index is 717. The number of thiazole rings is 1. The van der Waals surface area contributed by atoms with Crippen LogP contribution in [0.1, 0.15) is 0 Å². The second-order valence-electron chi connectivity index (χ2n) is 5.06. The first-order chi connectivity index (χ1) is 10.9. The third kappa shape index (κ3) is 2.69. The zero-order chi connectivity index (χ0) is 14.8. The lowest BCUT2D eigenvalue weighted by Crippen LogP contribution is -2.46. The standard InChI is InChI=1S/C15H15N5S2/c1-2-4-12(5-3-1)13-17-15(22-18-13)20-9-7-19(8-10-20)14-16-6-11-21-14/h1-6,11H,7-10H2. The molecule has 2 aromatic heterocycles. The first kappa shape index (κ1) is 13.7. The van der Waals surface area contributed by atoms with Crippen LogP contribution in [-0.4, -0.2) is 40.5 Å². The monoisotopic (exact) mass is 329 g/mol. The number of nitrogens with zero attached hydrogens (tertiary/aromatic N) is 5. The predicted molar refractivity (Wildman–Crippen MR) is 91.9 cm³/mol. The van der Waals surface area contributed by atoms with Crippen molar-refractivity contribution in [2.75, 3.05) is 36.0 Å². The molecule has 0 spiro atoms. The molecule has 5 nitrogen and oxygen atoms in total. The van der Waals surface area contributed by atoms with Gasteiger partial charge in [0.2, 0.25) is 5.13 Å². The molecule has 0 N–H and O–H groups in total. The van der Waals surface area contributed by atoms with E-state index in [2.05, 4.69) is 19.2 Å². The van der Waals surface area contributed by atoms with E-state index in [1.54, 1.807) is 11.3 Å². The first-order valence-corrected chi connectivity index (χ1v) is 8.84. The normalized spacial score (nSPS) is 15.3. The SMILES string of the molecule is c1ccc(-c2nsc(N3CCN(c4nccs4)CC3)n2)cc1. The maximum atomic E-state index is 4.69. The van der Waals surface area contributed by atoms with Crippen molar-refractivity contribution in [2.24, 2.45) is 0 Å². The molecule has 1 aliphatic rings. The van der Waals surface area contributed by atoms with Gasteiger partial charge >= 0.3 is 0 Å². The molecule has 0 unspecified atom stereocenters. The van der Waals surface area contributed by atoms with Crippen LogP contribution in [0.2, 0.25) is 0 Å². The number of benzene rings is 1. The number of piperazine rings is 1. The third-order valence-electron chi connectivity index (χ3n) is 3.69. The van der Waals surface area contributed by atoms with Crippen molar-refractivity contribution in [1.82, 2.24) is 14.3 Å². The van der Waals surface area contributed by atoms with Gasteiger partial charge in [0.05, 0.1) is 0 Å². The minimum Gasteiger partial charge on any atom is -0.345 e. The molecule has 0 aliphatic carbocycles. The van der Waals surface area contributed by atoms with Crippen LogP contribution in [0.25, 0.3) is 11.4 Å². The van der Waals surface area contributed by atoms with Gasteiger partial charge in [-0.05, 0) is 0 Å². The smallest absolute Gasteiger partial charge is 0.205 e. The number of hydrogen-bond donors (Lipinski definition) is 0. The molecule has 0 bridgehead atoms. The highest BCUT2D eigenvalue weighted by atomic mass is 32.1. The zero-order valence-electron chi connectivity index (χ0n) is 11.9. The number of aromatic nitrogens is 3. The summed E-state index contributed by atoms with van der Waals surface area (Å²) in [5.74, 6) is 0.822. The van der Waals surface area contributed by atoms with Crippen molar-refractivity contribution in [2.45, 2.75) is 0 Å². The largest absolute Gasteiger partial charge is 0.345 e. The fourth-order valence-electron chi connectivity index (χ4n) is 2.51. The van der Waals surface area contributed by atoms with Gasteiger partial charge in [-0.1, -0.05) is 30.3 Å². The predicted octanol–water partition coefficient (Wildman–Crippen LogP) is 2.99. The molecule has 0 radical (unpaired) electrons. The van der Waals surface area contributed by atoms with Crippen LogP contribution in [0, 0.1) is 0 Å². The van der Waals surface area contributed by atoms with E-state index in [4.69, 9.17) is 4.98 Å². The highest BCUT2D eigenvalue weighted by Gasteiger charge is 2.21. The quantitative estimate of drug-likeness (QED) is 0.739. The number of anilines is 2. The average molecular weight is 329 g/mol. The maximum Gasteiger partial charge on any atom is 0.205 e. The molecule has 112 valence electrons. The van der Waals surface area contributed by atoms with E-state index < -0.39 is 0 Å². The summed E-state index contributed by atoms with van der Waals surface area (Å²) >= 11 is 3.18. The molecule has 1 fully saturated rings. The van der Waals surface area contributed by atoms with E-state index in [-0.39, 0.29) is 0 Å². The van der Waals surface area contributed by atoms with Gasteiger partial charge in [-0.15, -0.1) is 11.3 Å². The van der Waals surface area contributed by atoms with Crippen LogP contribution >= 0.6 is 22.9 Å². The second kappa shape index (κ2) is 6.02. The van der Waals surface area contributed by atoms with Gasteiger partial charge < -0.3 is 9.80 Å². The maximum absolute atomic E-state index is 4.69. The van der Waals surface area contributed by atoms with Crippen LogP contribution in [0.15, 0.2) is 41.9 Å². The average Bonchev–Trinajstić information content (AvgIpc) is 3.28. The molecule has 1 saturated heterocycles. The molecular formula is C15H15N5S2. The van der Waals surface area contributed by atoms with Gasteiger partial charge in [-0.3, -0.25) is 0 Å². The highest BCUT2D eigenvalue weighted by Crippen LogP contribution is 2.26. The summed E-state index contributed by atoms with van der Waals surface area (Å²) in [4.78, 5) is 13.7. The summed E-state index contributed by atoms with van der Waals surface area (Å²) < 4.78 is 4.50. The summed E-state index contributed by atoms with van der Waals surface area (Å²) in [5.41, 5.74) is 1.08. The second-order valence-corrected chi connectivity index (χ2v) is 6.66. The molecular weight excluding hydrogens is 314 g/mol. The molecule has 3 heterocycles. The minimum absolute atomic E-state index is 0.822. The van der Waals surface area contributed by atoms with Crippen molar-refractivity contribution in [3.8, 4) is 11.4 Å². The Morgan fingerprint density at radius 2 is 1.64 bits per heavy atom. The van der Waals surface area contributed by atoms with E-state index in [0.29, 0.717) is 0 Å². The summed E-state index contributed by atoms with van der Waals surface area (Å²) in [6.07, 6.45) is 1.86. The lowest BCUT2D eigenvalue weighted by atomic mass is 10.2. The van der Waals surface area contributed by atoms with Crippen LogP contribution < -0.4 is 9.80 Å². The molecule has 3 aromatic rings. The topological polar surface area (TPSA) is 45.2 Å².